The Kier molecular flexibility index (Phi) is 5.26. The number of carbonyl (C=O) groups is 1. The maximum atomic E-state index is 11.0. The van der Waals surface area contributed by atoms with Crippen LogP contribution in [-0.2, 0) is 11.2 Å². The molecule has 1 aromatic rings. The van der Waals surface area contributed by atoms with Gasteiger partial charge in [-0.15, -0.1) is 0 Å². The average molecular weight is 283 g/mol. The van der Waals surface area contributed by atoms with Crippen molar-refractivity contribution in [1.29, 1.82) is 0 Å². The zero-order chi connectivity index (χ0) is 12.0. The summed E-state index contributed by atoms with van der Waals surface area (Å²) in [5.74, 6) is -1.08. The number of carboxylic acids is 1. The van der Waals surface area contributed by atoms with Gasteiger partial charge in [-0.25, -0.2) is 0 Å². The Morgan fingerprint density at radius 3 is 2.88 bits per heavy atom. The molecule has 0 heterocycles. The predicted molar refractivity (Wildman–Crippen MR) is 68.4 cm³/mol. The average Bonchev–Trinajstić information content (AvgIpc) is 2.24. The van der Waals surface area contributed by atoms with Gasteiger partial charge in [-0.05, 0) is 37.5 Å². The number of halogens is 1. The van der Waals surface area contributed by atoms with Gasteiger partial charge in [0.05, 0.1) is 5.92 Å². The minimum atomic E-state index is -0.738. The second kappa shape index (κ2) is 6.48. The van der Waals surface area contributed by atoms with Crippen LogP contribution < -0.4 is 0 Å². The number of hydrogen-bond donors (Lipinski definition) is 1. The molecule has 1 aromatic carbocycles. The molecule has 0 bridgehead atoms. The van der Waals surface area contributed by atoms with Crippen LogP contribution in [0.1, 0.15) is 18.9 Å². The van der Waals surface area contributed by atoms with Crippen LogP contribution in [0.2, 0.25) is 0 Å². The lowest BCUT2D eigenvalue weighted by atomic mass is 9.96. The highest BCUT2D eigenvalue weighted by Crippen LogP contribution is 2.17. The van der Waals surface area contributed by atoms with E-state index in [1.54, 1.807) is 0 Å². The van der Waals surface area contributed by atoms with Gasteiger partial charge in [-0.3, -0.25) is 4.79 Å². The Morgan fingerprint density at radius 1 is 1.56 bits per heavy atom. The molecule has 1 rings (SSSR count). The third-order valence-corrected chi connectivity index (χ3v) is 2.87. The quantitative estimate of drug-likeness (QED) is 0.837. The molecule has 3 heteroatoms. The maximum absolute atomic E-state index is 11.0. The first-order valence-electron chi connectivity index (χ1n) is 5.22. The molecule has 0 aliphatic carbocycles. The molecular weight excluding hydrogens is 268 g/mol. The number of carboxylic acid groups (broad SMARTS) is 1. The molecule has 86 valence electrons. The van der Waals surface area contributed by atoms with Crippen molar-refractivity contribution in [3.63, 3.8) is 0 Å². The van der Waals surface area contributed by atoms with Crippen molar-refractivity contribution in [3.05, 3.63) is 46.5 Å². The summed E-state index contributed by atoms with van der Waals surface area (Å²) in [5, 5.41) is 9.08. The van der Waals surface area contributed by atoms with Crippen LogP contribution in [0.15, 0.2) is 40.9 Å². The molecule has 0 saturated heterocycles. The first kappa shape index (κ1) is 13.0. The number of benzene rings is 1. The van der Waals surface area contributed by atoms with Crippen molar-refractivity contribution in [2.75, 3.05) is 0 Å². The van der Waals surface area contributed by atoms with E-state index < -0.39 is 5.97 Å². The van der Waals surface area contributed by atoms with Crippen LogP contribution in [0.4, 0.5) is 0 Å². The minimum absolute atomic E-state index is 0.342. The van der Waals surface area contributed by atoms with E-state index in [2.05, 4.69) is 15.9 Å². The van der Waals surface area contributed by atoms with Crippen LogP contribution in [-0.4, -0.2) is 11.1 Å². The number of aliphatic carboxylic acids is 1. The summed E-state index contributed by atoms with van der Waals surface area (Å²) in [7, 11) is 0. The summed E-state index contributed by atoms with van der Waals surface area (Å²) < 4.78 is 0.986. The number of allylic oxidation sites excluding steroid dienone is 2. The van der Waals surface area contributed by atoms with Gasteiger partial charge in [-0.2, -0.15) is 0 Å². The Morgan fingerprint density at radius 2 is 2.31 bits per heavy atom. The second-order valence-corrected chi connectivity index (χ2v) is 4.59. The third kappa shape index (κ3) is 4.19. The molecule has 0 aliphatic heterocycles. The molecule has 0 fully saturated rings. The topological polar surface area (TPSA) is 37.3 Å². The number of rotatable bonds is 5. The fourth-order valence-corrected chi connectivity index (χ4v) is 1.97. The highest BCUT2D eigenvalue weighted by atomic mass is 79.9. The molecule has 0 spiro atoms. The van der Waals surface area contributed by atoms with Gasteiger partial charge in [0.1, 0.15) is 0 Å². The Bertz CT molecular complexity index is 385. The van der Waals surface area contributed by atoms with Crippen molar-refractivity contribution in [1.82, 2.24) is 0 Å². The SMILES string of the molecule is CC=CCC(Cc1cccc(Br)c1)C(=O)O. The second-order valence-electron chi connectivity index (χ2n) is 3.67. The van der Waals surface area contributed by atoms with Gasteiger partial charge < -0.3 is 5.11 Å². The molecule has 0 radical (unpaired) electrons. The maximum Gasteiger partial charge on any atom is 0.307 e. The van der Waals surface area contributed by atoms with E-state index in [-0.39, 0.29) is 5.92 Å². The van der Waals surface area contributed by atoms with E-state index in [1.807, 2.05) is 43.3 Å². The fraction of sp³-hybridized carbons (Fsp3) is 0.308. The Balaban J connectivity index is 2.71. The molecule has 0 aromatic heterocycles. The predicted octanol–water partition coefficient (Wildman–Crippen LogP) is 3.66. The molecule has 0 saturated carbocycles. The van der Waals surface area contributed by atoms with Crippen LogP contribution in [0.25, 0.3) is 0 Å². The molecule has 2 nitrogen and oxygen atoms in total. The van der Waals surface area contributed by atoms with E-state index in [0.717, 1.165) is 10.0 Å². The molecule has 16 heavy (non-hydrogen) atoms. The largest absolute Gasteiger partial charge is 0.481 e. The van der Waals surface area contributed by atoms with Crippen LogP contribution in [0.5, 0.6) is 0 Å². The molecule has 1 N–H and O–H groups in total. The zero-order valence-electron chi connectivity index (χ0n) is 9.19. The van der Waals surface area contributed by atoms with Crippen molar-refractivity contribution in [3.8, 4) is 0 Å². The van der Waals surface area contributed by atoms with E-state index >= 15 is 0 Å². The van der Waals surface area contributed by atoms with Crippen molar-refractivity contribution >= 4 is 21.9 Å². The lowest BCUT2D eigenvalue weighted by Crippen LogP contribution is -2.15. The summed E-state index contributed by atoms with van der Waals surface area (Å²) in [6, 6.07) is 7.78. The monoisotopic (exact) mass is 282 g/mol. The molecule has 1 atom stereocenters. The standard InChI is InChI=1S/C13H15BrO2/c1-2-3-6-11(13(15)16)8-10-5-4-7-12(14)9-10/h2-5,7,9,11H,6,8H2,1H3,(H,15,16). The molecule has 0 aliphatic rings. The van der Waals surface area contributed by atoms with Crippen molar-refractivity contribution in [2.24, 2.45) is 5.92 Å². The van der Waals surface area contributed by atoms with E-state index in [0.29, 0.717) is 12.8 Å². The summed E-state index contributed by atoms with van der Waals surface area (Å²) in [5.41, 5.74) is 1.05. The highest BCUT2D eigenvalue weighted by Gasteiger charge is 2.16. The summed E-state index contributed by atoms with van der Waals surface area (Å²) >= 11 is 3.38. The molecular formula is C13H15BrO2. The van der Waals surface area contributed by atoms with Gasteiger partial charge in [0.2, 0.25) is 0 Å². The first-order chi connectivity index (χ1) is 7.63. The fourth-order valence-electron chi connectivity index (χ4n) is 1.52. The summed E-state index contributed by atoms with van der Waals surface area (Å²) in [6.07, 6.45) is 4.94. The van der Waals surface area contributed by atoms with Gasteiger partial charge >= 0.3 is 5.97 Å². The molecule has 0 amide bonds. The normalized spacial score (nSPS) is 12.9. The minimum Gasteiger partial charge on any atom is -0.481 e. The van der Waals surface area contributed by atoms with Crippen molar-refractivity contribution < 1.29 is 9.90 Å². The zero-order valence-corrected chi connectivity index (χ0v) is 10.8. The van der Waals surface area contributed by atoms with Gasteiger partial charge in [0.25, 0.3) is 0 Å². The summed E-state index contributed by atoms with van der Waals surface area (Å²) in [4.78, 5) is 11.0. The van der Waals surface area contributed by atoms with Gasteiger partial charge in [-0.1, -0.05) is 40.2 Å². The van der Waals surface area contributed by atoms with Gasteiger partial charge in [0, 0.05) is 4.47 Å². The summed E-state index contributed by atoms with van der Waals surface area (Å²) in [6.45, 7) is 1.90. The van der Waals surface area contributed by atoms with Crippen molar-refractivity contribution in [2.45, 2.75) is 19.8 Å². The first-order valence-corrected chi connectivity index (χ1v) is 6.01. The Labute approximate surface area is 104 Å². The van der Waals surface area contributed by atoms with Crippen LogP contribution in [0.3, 0.4) is 0 Å². The van der Waals surface area contributed by atoms with Crippen LogP contribution >= 0.6 is 15.9 Å². The van der Waals surface area contributed by atoms with E-state index in [4.69, 9.17) is 5.11 Å². The smallest absolute Gasteiger partial charge is 0.307 e. The lowest BCUT2D eigenvalue weighted by Gasteiger charge is -2.10. The van der Waals surface area contributed by atoms with E-state index in [1.165, 1.54) is 0 Å². The van der Waals surface area contributed by atoms with Crippen LogP contribution in [0, 0.1) is 5.92 Å². The Hall–Kier alpha value is -1.09. The third-order valence-electron chi connectivity index (χ3n) is 2.38. The van der Waals surface area contributed by atoms with Gasteiger partial charge in [0.15, 0.2) is 0 Å². The number of hydrogen-bond acceptors (Lipinski definition) is 1. The molecule has 1 unspecified atom stereocenters. The lowest BCUT2D eigenvalue weighted by molar-refractivity contribution is -0.141. The highest BCUT2D eigenvalue weighted by molar-refractivity contribution is 9.10. The van der Waals surface area contributed by atoms with E-state index in [9.17, 15) is 4.79 Å².